The molecule has 49 heteroatoms. The summed E-state index contributed by atoms with van der Waals surface area (Å²) in [5, 5.41) is 142. The highest BCUT2D eigenvalue weighted by atomic mass is 35.5. The molecule has 3 fully saturated rings. The third-order valence-electron chi connectivity index (χ3n) is 23.4. The van der Waals surface area contributed by atoms with Gasteiger partial charge in [0.1, 0.15) is 129 Å². The fourth-order valence-corrected chi connectivity index (χ4v) is 19.2. The molecule has 11 bridgehead atoms. The number of thioether (sulfide) groups is 1. The van der Waals surface area contributed by atoms with E-state index in [-0.39, 0.29) is 75.2 Å². The minimum absolute atomic E-state index is 0.110. The number of anilines is 1. The molecule has 20 atom stereocenters. The second kappa shape index (κ2) is 41.7. The molecule has 2 aromatic heterocycles. The summed E-state index contributed by atoms with van der Waals surface area (Å²) in [5.74, 6) is -18.9. The van der Waals surface area contributed by atoms with Gasteiger partial charge in [0.05, 0.1) is 41.3 Å². The van der Waals surface area contributed by atoms with Gasteiger partial charge in [0.25, 0.3) is 11.8 Å². The van der Waals surface area contributed by atoms with Gasteiger partial charge in [-0.15, -0.1) is 11.8 Å². The number of aliphatic hydroxyl groups excluding tert-OH is 6. The molecule has 0 radical (unpaired) electrons. The summed E-state index contributed by atoms with van der Waals surface area (Å²) in [5.41, 5.74) is 13.3. The molecule has 16 rings (SSSR count). The first-order valence-electron chi connectivity index (χ1n) is 42.4. The number of halogens is 3. The number of ether oxygens (including phenoxy) is 6. The zero-order valence-corrected chi connectivity index (χ0v) is 76.5. The maximum atomic E-state index is 16.4. The molecule has 10 amide bonds. The van der Waals surface area contributed by atoms with Crippen molar-refractivity contribution in [2.24, 2.45) is 22.5 Å². The zero-order valence-electron chi connectivity index (χ0n) is 72.6. The van der Waals surface area contributed by atoms with Crippen molar-refractivity contribution >= 4 is 134 Å². The molecule has 9 aliphatic heterocycles. The summed E-state index contributed by atoms with van der Waals surface area (Å²) >= 11 is 22.8. The number of nitrogens with one attached hydrogen (secondary N) is 9. The van der Waals surface area contributed by atoms with Gasteiger partial charge in [0.2, 0.25) is 59.3 Å². The van der Waals surface area contributed by atoms with Crippen LogP contribution in [0.2, 0.25) is 14.4 Å². The number of phenols is 3. The van der Waals surface area contributed by atoms with Crippen LogP contribution < -0.4 is 83.8 Å². The number of carboxylic acids is 1. The quantitative estimate of drug-likeness (QED) is 0.0128. The Kier molecular flexibility index (Phi) is 30.5. The maximum Gasteiger partial charge on any atom is 0.352 e. The van der Waals surface area contributed by atoms with Crippen molar-refractivity contribution in [1.82, 2.24) is 57.7 Å². The van der Waals surface area contributed by atoms with E-state index in [1.165, 1.54) is 44.8 Å². The highest BCUT2D eigenvalue weighted by molar-refractivity contribution is 8.00. The fraction of sp³-hybridized carbons (Fsp3) is 0.402. The van der Waals surface area contributed by atoms with E-state index in [0.29, 0.717) is 5.57 Å². The van der Waals surface area contributed by atoms with E-state index in [9.17, 15) is 75.0 Å². The number of aliphatic hydroxyl groups is 6. The molecule has 5 aromatic carbocycles. The maximum absolute atomic E-state index is 16.4. The molecular weight excluding hydrogens is 1890 g/mol. The lowest BCUT2D eigenvalue weighted by Gasteiger charge is -2.49. The van der Waals surface area contributed by atoms with E-state index < -0.39 is 296 Å². The van der Waals surface area contributed by atoms with Crippen molar-refractivity contribution in [2.45, 2.75) is 181 Å². The zero-order chi connectivity index (χ0) is 98.1. The summed E-state index contributed by atoms with van der Waals surface area (Å²) < 4.78 is 40.3. The van der Waals surface area contributed by atoms with Crippen LogP contribution in [0, 0.1) is 5.92 Å². The number of oxime groups is 1. The summed E-state index contributed by atoms with van der Waals surface area (Å²) in [4.78, 5) is 173. The number of carbonyl (C=O) groups excluding carboxylic acids is 10. The predicted molar refractivity (Wildman–Crippen MR) is 480 cm³/mol. The molecule has 136 heavy (non-hydrogen) atoms. The van der Waals surface area contributed by atoms with Gasteiger partial charge in [-0.25, -0.2) is 14.3 Å². The van der Waals surface area contributed by atoms with Crippen LogP contribution in [0.3, 0.4) is 0 Å². The highest BCUT2D eigenvalue weighted by Crippen LogP contribution is 2.51. The number of nitrogen functional groups attached to an aromatic ring is 1. The van der Waals surface area contributed by atoms with Crippen molar-refractivity contribution in [2.75, 3.05) is 38.3 Å². The number of carbonyl (C=O) groups is 11. The minimum atomic E-state index is -2.41. The number of rotatable bonds is 24. The third kappa shape index (κ3) is 21.4. The standard InChI is InChI=1S/C87H95Cl3N16O28S2/c1-33(2)20-45(94-5)74(117)100-62-66(112)36-11-14-49(43(88)22-36)130-51-24-38-25-52(70(51)134-85-71(69(115)68(114)53(31-107)132-85)133-55-29-87(4,93)72(116)34(3)129-55)131-50-15-12-37(23-44(50)89)67(113)63-81(124)99-59(42-26-40(108)27-48(110)56(42)41-21-35(10-13-47(41)109)57(77(120)101-63)98-78(121)58(38)97-75(118)46(28-54(91)111)96-80(62)123)76(119)95-16-9-19-128-104-61(60-73(90)136-86(92)103-60)79(122)102-64-82(125)106-65(84(126)127)39(32-135-83(64)106)30-105-17-7-6-8-18-105/h6-8,10-15,17-18,21-27,33-34,45-46,53,55,57-59,62-64,66-69,71-72,83,85,94,107,112-116H,9,16,19-20,28-32,93H2,1-5H3,(H15-,91,92,95,96,97,98,99,100,101,102,103,104,108,109,110,111,117,118,119,120,121,122,123,124,126,127)/p+1/t34-,45+,46-,53+,55-,57+,58+,59?,62+,63-,64+,66+,67+,68+,69-,71+,72+,83+,85-,87-/m0/s1. The van der Waals surface area contributed by atoms with Crippen LogP contribution in [0.15, 0.2) is 126 Å². The molecule has 3 saturated heterocycles. The molecule has 0 saturated carbocycles. The Morgan fingerprint density at radius 3 is 2.04 bits per heavy atom. The molecule has 0 spiro atoms. The number of phenolic OH excluding ortho intramolecular Hbond substituents is 3. The summed E-state index contributed by atoms with van der Waals surface area (Å²) in [6, 6.07) is 3.03. The molecular formula is C87H96Cl3N16O28S2+. The van der Waals surface area contributed by atoms with Gasteiger partial charge < -0.3 is 149 Å². The van der Waals surface area contributed by atoms with E-state index in [4.69, 9.17) is 85.3 Å². The van der Waals surface area contributed by atoms with E-state index in [1.807, 2.05) is 0 Å². The Balaban J connectivity index is 0.849. The number of hydrogen-bond donors (Lipinski definition) is 22. The minimum Gasteiger partial charge on any atom is -0.508 e. The Morgan fingerprint density at radius 2 is 1.41 bits per heavy atom. The number of nitrogens with two attached hydrogens (primary N) is 3. The van der Waals surface area contributed by atoms with Crippen molar-refractivity contribution in [3.63, 3.8) is 0 Å². The van der Waals surface area contributed by atoms with E-state index in [1.54, 1.807) is 49.0 Å². The number of benzene rings is 5. The summed E-state index contributed by atoms with van der Waals surface area (Å²) in [6.07, 6.45) is -15.9. The number of aromatic hydroxyl groups is 3. The lowest BCUT2D eigenvalue weighted by molar-refractivity contribution is -0.689. The largest absolute Gasteiger partial charge is 0.508 e. The Bertz CT molecular complexity index is 5920. The highest BCUT2D eigenvalue weighted by Gasteiger charge is 2.56. The number of β-lactam (4-membered cyclic amide) rings is 1. The van der Waals surface area contributed by atoms with Gasteiger partial charge in [-0.3, -0.25) is 52.8 Å². The summed E-state index contributed by atoms with van der Waals surface area (Å²) in [7, 11) is 1.46. The van der Waals surface area contributed by atoms with Gasteiger partial charge in [-0.2, -0.15) is 0 Å². The Morgan fingerprint density at radius 1 is 0.757 bits per heavy atom. The number of aliphatic carboxylic acids is 1. The lowest BCUT2D eigenvalue weighted by Crippen LogP contribution is -2.71. The van der Waals surface area contributed by atoms with Crippen LogP contribution in [0.1, 0.15) is 117 Å². The Labute approximate surface area is 795 Å². The van der Waals surface area contributed by atoms with Gasteiger partial charge in [0, 0.05) is 65.6 Å². The van der Waals surface area contributed by atoms with Gasteiger partial charge in [-0.1, -0.05) is 89.4 Å². The number of carboxylic acid groups (broad SMARTS) is 1. The van der Waals surface area contributed by atoms with Crippen LogP contribution in [0.5, 0.6) is 46.0 Å². The van der Waals surface area contributed by atoms with E-state index in [2.05, 4.69) is 58.0 Å². The number of nitrogens with zero attached hydrogens (tertiary/aromatic N) is 4. The van der Waals surface area contributed by atoms with Crippen LogP contribution in [-0.2, 0) is 78.3 Å². The number of hydrogen-bond acceptors (Lipinski definition) is 34. The van der Waals surface area contributed by atoms with Crippen LogP contribution in [-0.4, -0.2) is 255 Å². The number of thiazole rings is 1. The van der Waals surface area contributed by atoms with Crippen molar-refractivity contribution in [3.8, 4) is 57.1 Å². The smallest absolute Gasteiger partial charge is 0.352 e. The monoisotopic (exact) mass is 1980 g/mol. The first-order valence-corrected chi connectivity index (χ1v) is 45.4. The summed E-state index contributed by atoms with van der Waals surface area (Å²) in [6.45, 7) is 4.85. The second-order valence-electron chi connectivity index (χ2n) is 33.6. The number of fused-ring (bicyclic) bond motifs is 16. The number of amides is 10. The first kappa shape index (κ1) is 99.6. The molecule has 9 aliphatic rings. The number of aromatic nitrogens is 2. The molecule has 1 unspecified atom stereocenters. The average molecular weight is 1980 g/mol. The fourth-order valence-electron chi connectivity index (χ4n) is 16.5. The van der Waals surface area contributed by atoms with Crippen LogP contribution in [0.4, 0.5) is 5.13 Å². The number of primary amides is 1. The van der Waals surface area contributed by atoms with Gasteiger partial charge in [0.15, 0.2) is 53.7 Å². The van der Waals surface area contributed by atoms with Crippen LogP contribution in [0.25, 0.3) is 11.1 Å². The Hall–Kier alpha value is -12.4. The van der Waals surface area contributed by atoms with Gasteiger partial charge >= 0.3 is 5.97 Å². The second-order valence-corrected chi connectivity index (χ2v) is 37.2. The molecule has 11 heterocycles. The molecule has 0 aliphatic carbocycles. The molecule has 724 valence electrons. The van der Waals surface area contributed by atoms with E-state index in [0.717, 1.165) is 83.0 Å². The van der Waals surface area contributed by atoms with E-state index >= 15 is 28.8 Å². The number of pyridine rings is 1. The van der Waals surface area contributed by atoms with Gasteiger partial charge in [-0.05, 0) is 116 Å². The number of likely N-dealkylation sites (N-methyl/N-ethyl adjacent to an activating group) is 1. The normalized spacial score (nSPS) is 27.1. The van der Waals surface area contributed by atoms with Crippen LogP contribution >= 0.6 is 57.9 Å². The van der Waals surface area contributed by atoms with Crippen molar-refractivity contribution in [3.05, 3.63) is 169 Å². The molecule has 7 aromatic rings. The molecule has 25 N–H and O–H groups in total. The SMILES string of the molecule is CN[C@H](CC(C)C)C(=O)N[C@H]1C(=O)N[C@@H](CC(N)=O)C(=O)N[C@H]2C(=O)N[C@H]3C(=O)N[C@H](C(=O)NC(C(=O)NCCCO/N=C(\C(=O)N[C@@H]4C(=O)N5C(C(=O)O)=C(C[n+]6ccccc6)CS[C@H]45)c4nc(N)sc4Cl)c4cc(O)cc(O)c4-c4cc3ccc4O)[C@H](O)c3ccc(c(Cl)c3)Oc3cc2cc(c3O[C@@H]2O[C@H](CO)[C@@H](O)[C@H](O)[C@H]2O[C@H]2C[C@](C)(N)[C@H](O)[C@H](C)O2)Oc2ccc(cc2Cl)[C@H]1O. The third-order valence-corrected chi connectivity index (χ3v) is 26.4. The lowest BCUT2D eigenvalue weighted by atomic mass is 9.86. The first-order chi connectivity index (χ1) is 64.6. The average Bonchev–Trinajstić information content (AvgIpc) is 0.767. The van der Waals surface area contributed by atoms with Crippen molar-refractivity contribution in [1.29, 1.82) is 0 Å². The predicted octanol–water partition coefficient (Wildman–Crippen LogP) is 0.367. The topological polar surface area (TPSA) is 673 Å². The molecule has 44 nitrogen and oxygen atoms in total. The van der Waals surface area contributed by atoms with Crippen molar-refractivity contribution < 1.29 is 142 Å².